The SMILES string of the molecule is O=c1[nH]c(=O)n(C2CC(O)C(CO)C2F)cc1C=CBr. The molecule has 20 heavy (non-hydrogen) atoms. The summed E-state index contributed by atoms with van der Waals surface area (Å²) >= 11 is 3.02. The Morgan fingerprint density at radius 1 is 1.55 bits per heavy atom. The number of rotatable bonds is 3. The van der Waals surface area contributed by atoms with Gasteiger partial charge in [-0.3, -0.25) is 14.3 Å². The van der Waals surface area contributed by atoms with Gasteiger partial charge in [-0.1, -0.05) is 15.9 Å². The summed E-state index contributed by atoms with van der Waals surface area (Å²) in [7, 11) is 0. The summed E-state index contributed by atoms with van der Waals surface area (Å²) < 4.78 is 15.3. The van der Waals surface area contributed by atoms with Crippen LogP contribution in [0.2, 0.25) is 0 Å². The highest BCUT2D eigenvalue weighted by atomic mass is 79.9. The van der Waals surface area contributed by atoms with E-state index in [0.717, 1.165) is 4.57 Å². The van der Waals surface area contributed by atoms with Gasteiger partial charge in [0.25, 0.3) is 5.56 Å². The molecule has 1 aromatic heterocycles. The van der Waals surface area contributed by atoms with Gasteiger partial charge in [-0.15, -0.1) is 0 Å². The quantitative estimate of drug-likeness (QED) is 0.724. The van der Waals surface area contributed by atoms with Crippen LogP contribution in [0.4, 0.5) is 4.39 Å². The standard InChI is InChI=1S/C12H14BrFN2O4/c13-2-1-6-4-16(12(20)15-11(6)19)8-3-9(18)7(5-17)10(8)14/h1-2,4,7-10,17-18H,3,5H2,(H,15,19,20). The Morgan fingerprint density at radius 2 is 2.25 bits per heavy atom. The summed E-state index contributed by atoms with van der Waals surface area (Å²) in [4.78, 5) is 26.9. The van der Waals surface area contributed by atoms with Crippen LogP contribution in [0.1, 0.15) is 18.0 Å². The number of nitrogens with one attached hydrogen (secondary N) is 1. The molecular formula is C12H14BrFN2O4. The largest absolute Gasteiger partial charge is 0.396 e. The molecule has 2 rings (SSSR count). The van der Waals surface area contributed by atoms with Crippen molar-refractivity contribution in [1.82, 2.24) is 9.55 Å². The van der Waals surface area contributed by atoms with Crippen LogP contribution in [0.15, 0.2) is 20.8 Å². The first-order valence-corrected chi connectivity index (χ1v) is 6.96. The molecule has 0 amide bonds. The maximum Gasteiger partial charge on any atom is 0.328 e. The van der Waals surface area contributed by atoms with Crippen LogP contribution in [0.25, 0.3) is 6.08 Å². The number of aliphatic hydroxyl groups is 2. The molecule has 1 aliphatic carbocycles. The van der Waals surface area contributed by atoms with E-state index in [4.69, 9.17) is 5.11 Å². The predicted octanol–water partition coefficient (Wildman–Crippen LogP) is 0.155. The molecule has 6 nitrogen and oxygen atoms in total. The number of alkyl halides is 1. The maximum absolute atomic E-state index is 14.2. The Morgan fingerprint density at radius 3 is 2.80 bits per heavy atom. The average molecular weight is 349 g/mol. The number of aromatic nitrogens is 2. The van der Waals surface area contributed by atoms with Gasteiger partial charge in [-0.2, -0.15) is 0 Å². The fraction of sp³-hybridized carbons (Fsp3) is 0.500. The van der Waals surface area contributed by atoms with Gasteiger partial charge >= 0.3 is 5.69 Å². The number of hydrogen-bond donors (Lipinski definition) is 3. The average Bonchev–Trinajstić information content (AvgIpc) is 2.68. The number of H-pyrrole nitrogens is 1. The summed E-state index contributed by atoms with van der Waals surface area (Å²) in [6.45, 7) is -0.495. The molecule has 0 bridgehead atoms. The minimum Gasteiger partial charge on any atom is -0.396 e. The molecule has 1 heterocycles. The molecule has 4 atom stereocenters. The van der Waals surface area contributed by atoms with E-state index < -0.39 is 42.1 Å². The molecule has 110 valence electrons. The molecule has 0 saturated heterocycles. The third kappa shape index (κ3) is 2.63. The lowest BCUT2D eigenvalue weighted by molar-refractivity contribution is 0.0591. The second-order valence-electron chi connectivity index (χ2n) is 4.70. The number of hydrogen-bond acceptors (Lipinski definition) is 4. The first-order valence-electron chi connectivity index (χ1n) is 6.04. The highest BCUT2D eigenvalue weighted by Gasteiger charge is 2.44. The normalized spacial score (nSPS) is 30.2. The van der Waals surface area contributed by atoms with Crippen molar-refractivity contribution >= 4 is 22.0 Å². The number of aliphatic hydroxyl groups excluding tert-OH is 2. The minimum atomic E-state index is -1.56. The maximum atomic E-state index is 14.2. The van der Waals surface area contributed by atoms with Gasteiger partial charge in [0.1, 0.15) is 6.17 Å². The zero-order chi connectivity index (χ0) is 14.9. The predicted molar refractivity (Wildman–Crippen MR) is 74.4 cm³/mol. The van der Waals surface area contributed by atoms with Gasteiger partial charge in [0, 0.05) is 12.1 Å². The summed E-state index contributed by atoms with van der Waals surface area (Å²) in [6, 6.07) is -0.908. The van der Waals surface area contributed by atoms with E-state index >= 15 is 0 Å². The Labute approximate surface area is 121 Å². The van der Waals surface area contributed by atoms with Crippen LogP contribution >= 0.6 is 15.9 Å². The lowest BCUT2D eigenvalue weighted by Crippen LogP contribution is -2.36. The summed E-state index contributed by atoms with van der Waals surface area (Å²) in [5.41, 5.74) is -1.12. The molecule has 1 fully saturated rings. The first-order chi connectivity index (χ1) is 9.49. The fourth-order valence-electron chi connectivity index (χ4n) is 2.47. The molecule has 0 radical (unpaired) electrons. The van der Waals surface area contributed by atoms with E-state index in [0.29, 0.717) is 0 Å². The van der Waals surface area contributed by atoms with Crippen LogP contribution in [0.5, 0.6) is 0 Å². The van der Waals surface area contributed by atoms with Crippen molar-refractivity contribution in [2.24, 2.45) is 5.92 Å². The molecule has 0 spiro atoms. The van der Waals surface area contributed by atoms with Crippen molar-refractivity contribution in [2.45, 2.75) is 24.7 Å². The summed E-state index contributed by atoms with van der Waals surface area (Å²) in [5.74, 6) is -0.922. The molecule has 4 unspecified atom stereocenters. The van der Waals surface area contributed by atoms with E-state index in [1.165, 1.54) is 17.3 Å². The molecule has 1 aromatic rings. The first kappa shape index (κ1) is 15.1. The highest BCUT2D eigenvalue weighted by Crippen LogP contribution is 2.36. The van der Waals surface area contributed by atoms with Crippen molar-refractivity contribution in [3.8, 4) is 0 Å². The van der Waals surface area contributed by atoms with E-state index in [2.05, 4.69) is 20.9 Å². The third-order valence-corrected chi connectivity index (χ3v) is 3.82. The summed E-state index contributed by atoms with van der Waals surface area (Å²) in [5, 5.41) is 18.8. The molecular weight excluding hydrogens is 335 g/mol. The van der Waals surface area contributed by atoms with Gasteiger partial charge in [0.2, 0.25) is 0 Å². The molecule has 1 saturated carbocycles. The van der Waals surface area contributed by atoms with E-state index in [9.17, 15) is 19.1 Å². The van der Waals surface area contributed by atoms with Crippen molar-refractivity contribution in [2.75, 3.05) is 6.61 Å². The molecule has 0 aliphatic heterocycles. The topological polar surface area (TPSA) is 95.3 Å². The van der Waals surface area contributed by atoms with E-state index in [1.54, 1.807) is 0 Å². The highest BCUT2D eigenvalue weighted by molar-refractivity contribution is 9.11. The van der Waals surface area contributed by atoms with Crippen LogP contribution in [0, 0.1) is 5.92 Å². The zero-order valence-electron chi connectivity index (χ0n) is 10.4. The van der Waals surface area contributed by atoms with Crippen molar-refractivity contribution in [1.29, 1.82) is 0 Å². The third-order valence-electron chi connectivity index (χ3n) is 3.56. The molecule has 3 N–H and O–H groups in total. The second-order valence-corrected chi connectivity index (χ2v) is 5.23. The smallest absolute Gasteiger partial charge is 0.328 e. The fourth-order valence-corrected chi connectivity index (χ4v) is 2.76. The van der Waals surface area contributed by atoms with Gasteiger partial charge in [0.05, 0.1) is 24.3 Å². The molecule has 1 aliphatic rings. The van der Waals surface area contributed by atoms with Crippen LogP contribution in [0.3, 0.4) is 0 Å². The second kappa shape index (κ2) is 6.02. The Bertz CT molecular complexity index is 627. The van der Waals surface area contributed by atoms with Crippen molar-refractivity contribution in [3.05, 3.63) is 37.6 Å². The van der Waals surface area contributed by atoms with Gasteiger partial charge in [0.15, 0.2) is 0 Å². The van der Waals surface area contributed by atoms with Crippen LogP contribution in [-0.4, -0.2) is 38.6 Å². The Hall–Kier alpha value is -1.25. The lowest BCUT2D eigenvalue weighted by Gasteiger charge is -2.18. The summed E-state index contributed by atoms with van der Waals surface area (Å²) in [6.07, 6.45) is 0.114. The zero-order valence-corrected chi connectivity index (χ0v) is 12.0. The van der Waals surface area contributed by atoms with Crippen molar-refractivity contribution < 1.29 is 14.6 Å². The van der Waals surface area contributed by atoms with Gasteiger partial charge < -0.3 is 10.2 Å². The number of nitrogens with zero attached hydrogens (tertiary/aromatic N) is 1. The number of halogens is 2. The molecule has 0 aromatic carbocycles. The Kier molecular flexibility index (Phi) is 4.56. The monoisotopic (exact) mass is 348 g/mol. The van der Waals surface area contributed by atoms with E-state index in [1.807, 2.05) is 0 Å². The van der Waals surface area contributed by atoms with Crippen molar-refractivity contribution in [3.63, 3.8) is 0 Å². The van der Waals surface area contributed by atoms with E-state index in [-0.39, 0.29) is 12.0 Å². The molecule has 8 heteroatoms. The minimum absolute atomic E-state index is 0.00973. The van der Waals surface area contributed by atoms with Gasteiger partial charge in [-0.25, -0.2) is 9.18 Å². The Balaban J connectivity index is 2.46. The lowest BCUT2D eigenvalue weighted by atomic mass is 10.1. The van der Waals surface area contributed by atoms with Gasteiger partial charge in [-0.05, 0) is 17.5 Å². The van der Waals surface area contributed by atoms with Crippen LogP contribution in [-0.2, 0) is 0 Å². The van der Waals surface area contributed by atoms with Crippen LogP contribution < -0.4 is 11.2 Å². The number of aromatic amines is 1.